The first kappa shape index (κ1) is 11.6. The summed E-state index contributed by atoms with van der Waals surface area (Å²) in [5.41, 5.74) is 1.68. The molecule has 0 spiro atoms. The zero-order valence-corrected chi connectivity index (χ0v) is 9.83. The van der Waals surface area contributed by atoms with Crippen LogP contribution >= 0.6 is 9.24 Å². The van der Waals surface area contributed by atoms with Gasteiger partial charge in [-0.05, 0) is 25.1 Å². The number of hydrogen-bond donors (Lipinski definition) is 1. The molecule has 0 aromatic carbocycles. The highest BCUT2D eigenvalue weighted by Gasteiger charge is 2.39. The summed E-state index contributed by atoms with van der Waals surface area (Å²) in [6.07, 6.45) is 5.94. The Labute approximate surface area is 87.4 Å². The molecule has 3 heteroatoms. The van der Waals surface area contributed by atoms with Gasteiger partial charge in [-0.2, -0.15) is 0 Å². The van der Waals surface area contributed by atoms with Crippen LogP contribution in [-0.4, -0.2) is 18.5 Å². The third-order valence-electron chi connectivity index (χ3n) is 2.53. The van der Waals surface area contributed by atoms with Gasteiger partial charge in [-0.15, -0.1) is 0 Å². The summed E-state index contributed by atoms with van der Waals surface area (Å²) in [5, 5.41) is 1.78. The molecule has 0 amide bonds. The summed E-state index contributed by atoms with van der Waals surface area (Å²) in [4.78, 5) is 0. The van der Waals surface area contributed by atoms with E-state index in [1.807, 2.05) is 26.1 Å². The largest absolute Gasteiger partial charge is 0.313 e. The van der Waals surface area contributed by atoms with E-state index in [1.54, 1.807) is 6.08 Å². The van der Waals surface area contributed by atoms with Crippen LogP contribution in [0.4, 0.5) is 4.39 Å². The van der Waals surface area contributed by atoms with E-state index < -0.39 is 5.41 Å². The van der Waals surface area contributed by atoms with Gasteiger partial charge in [0.15, 0.2) is 5.41 Å². The molecule has 0 aromatic heterocycles. The maximum atomic E-state index is 14.0. The summed E-state index contributed by atoms with van der Waals surface area (Å²) in [6, 6.07) is 0.0849. The molecule has 1 rings (SSSR count). The Hall–Kier alpha value is -0.460. The van der Waals surface area contributed by atoms with E-state index >= 15 is 0 Å². The van der Waals surface area contributed by atoms with E-state index in [4.69, 9.17) is 0 Å². The van der Waals surface area contributed by atoms with E-state index in [9.17, 15) is 4.39 Å². The molecule has 1 aliphatic carbocycles. The molecule has 0 fully saturated rings. The Morgan fingerprint density at radius 3 is 2.79 bits per heavy atom. The van der Waals surface area contributed by atoms with Gasteiger partial charge in [0.05, 0.1) is 0 Å². The smallest absolute Gasteiger partial charge is 0.150 e. The molecular formula is C11H17FNP. The molecule has 0 saturated heterocycles. The van der Waals surface area contributed by atoms with E-state index in [0.29, 0.717) is 12.0 Å². The molecule has 0 heterocycles. The summed E-state index contributed by atoms with van der Waals surface area (Å²) >= 11 is 0. The minimum Gasteiger partial charge on any atom is -0.313 e. The van der Waals surface area contributed by atoms with Crippen molar-refractivity contribution < 1.29 is 4.39 Å². The van der Waals surface area contributed by atoms with Crippen LogP contribution in [0.25, 0.3) is 0 Å². The lowest BCUT2D eigenvalue weighted by molar-refractivity contribution is 0.324. The van der Waals surface area contributed by atoms with Gasteiger partial charge in [0.2, 0.25) is 0 Å². The molecular weight excluding hydrogens is 196 g/mol. The average Bonchev–Trinajstić information content (AvgIpc) is 2.37. The maximum absolute atomic E-state index is 14.0. The van der Waals surface area contributed by atoms with Crippen LogP contribution in [-0.2, 0) is 0 Å². The minimum absolute atomic E-state index is 0.0849. The predicted octanol–water partition coefficient (Wildman–Crippen LogP) is 2.58. The standard InChI is InChI=1S/C11H17FNP/c1-4-6-8-9(5-2)11(12,14)7-10(8)13-3/h4-6,10,13H,2,7,14H2,1,3H3/b6-4-. The highest BCUT2D eigenvalue weighted by molar-refractivity contribution is 7.19. The molecule has 3 atom stereocenters. The van der Waals surface area contributed by atoms with Crippen LogP contribution in [0.15, 0.2) is 36.0 Å². The number of halogens is 1. The van der Waals surface area contributed by atoms with Crippen LogP contribution < -0.4 is 5.32 Å². The van der Waals surface area contributed by atoms with Crippen molar-refractivity contribution in [2.45, 2.75) is 24.8 Å². The number of hydrogen-bond acceptors (Lipinski definition) is 1. The summed E-state index contributed by atoms with van der Waals surface area (Å²) in [7, 11) is 4.12. The molecule has 3 unspecified atom stereocenters. The van der Waals surface area contributed by atoms with Gasteiger partial charge in [-0.1, -0.05) is 34.0 Å². The zero-order valence-electron chi connectivity index (χ0n) is 8.68. The zero-order chi connectivity index (χ0) is 10.8. The van der Waals surface area contributed by atoms with Crippen molar-refractivity contribution in [1.82, 2.24) is 5.32 Å². The molecule has 14 heavy (non-hydrogen) atoms. The second-order valence-corrected chi connectivity index (χ2v) is 4.40. The minimum atomic E-state index is -1.33. The lowest BCUT2D eigenvalue weighted by atomic mass is 10.1. The second kappa shape index (κ2) is 4.37. The van der Waals surface area contributed by atoms with Gasteiger partial charge in [-0.25, -0.2) is 4.39 Å². The normalized spacial score (nSPS) is 33.0. The van der Waals surface area contributed by atoms with Crippen molar-refractivity contribution in [3.05, 3.63) is 36.0 Å². The van der Waals surface area contributed by atoms with E-state index in [2.05, 4.69) is 21.1 Å². The molecule has 0 aromatic rings. The van der Waals surface area contributed by atoms with E-state index in [0.717, 1.165) is 5.57 Å². The van der Waals surface area contributed by atoms with Gasteiger partial charge in [0.25, 0.3) is 0 Å². The molecule has 0 saturated carbocycles. The third kappa shape index (κ3) is 1.97. The van der Waals surface area contributed by atoms with Crippen LogP contribution in [0, 0.1) is 0 Å². The Morgan fingerprint density at radius 1 is 1.71 bits per heavy atom. The second-order valence-electron chi connectivity index (χ2n) is 3.48. The molecule has 1 N–H and O–H groups in total. The van der Waals surface area contributed by atoms with Gasteiger partial charge < -0.3 is 5.32 Å². The van der Waals surface area contributed by atoms with Gasteiger partial charge >= 0.3 is 0 Å². The first-order valence-electron chi connectivity index (χ1n) is 4.71. The molecule has 1 nitrogen and oxygen atoms in total. The summed E-state index contributed by atoms with van der Waals surface area (Å²) < 4.78 is 14.0. The van der Waals surface area contributed by atoms with E-state index in [-0.39, 0.29) is 6.04 Å². The number of likely N-dealkylation sites (N-methyl/N-ethyl adjacent to an activating group) is 1. The topological polar surface area (TPSA) is 12.0 Å². The first-order valence-corrected chi connectivity index (χ1v) is 5.29. The number of allylic oxidation sites excluding steroid dienone is 3. The Morgan fingerprint density at radius 2 is 2.36 bits per heavy atom. The summed E-state index contributed by atoms with van der Waals surface area (Å²) in [5.74, 6) is 0. The molecule has 78 valence electrons. The highest BCUT2D eigenvalue weighted by atomic mass is 31.0. The van der Waals surface area contributed by atoms with Crippen molar-refractivity contribution in [2.75, 3.05) is 7.05 Å². The quantitative estimate of drug-likeness (QED) is 0.710. The Bertz CT molecular complexity index is 292. The van der Waals surface area contributed by atoms with Crippen molar-refractivity contribution >= 4 is 9.24 Å². The fourth-order valence-electron chi connectivity index (χ4n) is 1.88. The average molecular weight is 213 g/mol. The first-order chi connectivity index (χ1) is 6.56. The third-order valence-corrected chi connectivity index (χ3v) is 3.08. The van der Waals surface area contributed by atoms with Gasteiger partial charge in [0.1, 0.15) is 0 Å². The fraction of sp³-hybridized carbons (Fsp3) is 0.455. The van der Waals surface area contributed by atoms with Gasteiger partial charge in [0, 0.05) is 12.5 Å². The Balaban J connectivity index is 3.15. The van der Waals surface area contributed by atoms with E-state index in [1.165, 1.54) is 0 Å². The lowest BCUT2D eigenvalue weighted by Gasteiger charge is -2.15. The van der Waals surface area contributed by atoms with Crippen molar-refractivity contribution in [2.24, 2.45) is 0 Å². The van der Waals surface area contributed by atoms with Crippen LogP contribution in [0.2, 0.25) is 0 Å². The number of nitrogens with one attached hydrogen (secondary N) is 1. The molecule has 0 radical (unpaired) electrons. The van der Waals surface area contributed by atoms with Gasteiger partial charge in [-0.3, -0.25) is 0 Å². The van der Waals surface area contributed by atoms with Crippen molar-refractivity contribution in [3.63, 3.8) is 0 Å². The Kier molecular flexibility index (Phi) is 3.63. The lowest BCUT2D eigenvalue weighted by Crippen LogP contribution is -2.26. The number of rotatable bonds is 3. The van der Waals surface area contributed by atoms with Crippen LogP contribution in [0.5, 0.6) is 0 Å². The van der Waals surface area contributed by atoms with Crippen molar-refractivity contribution in [3.8, 4) is 0 Å². The van der Waals surface area contributed by atoms with Crippen LogP contribution in [0.3, 0.4) is 0 Å². The highest BCUT2D eigenvalue weighted by Crippen LogP contribution is 2.44. The predicted molar refractivity (Wildman–Crippen MR) is 63.1 cm³/mol. The maximum Gasteiger partial charge on any atom is 0.150 e. The monoisotopic (exact) mass is 213 g/mol. The fourth-order valence-corrected chi connectivity index (χ4v) is 2.40. The van der Waals surface area contributed by atoms with Crippen molar-refractivity contribution in [1.29, 1.82) is 0 Å². The van der Waals surface area contributed by atoms with Crippen LogP contribution in [0.1, 0.15) is 13.3 Å². The molecule has 1 aliphatic rings. The summed E-state index contributed by atoms with van der Waals surface area (Å²) in [6.45, 7) is 5.60. The molecule has 0 aliphatic heterocycles. The molecule has 0 bridgehead atoms. The number of alkyl halides is 1. The SMILES string of the molecule is C=CC1=C(/C=C\C)C(NC)CC1(F)P.